The summed E-state index contributed by atoms with van der Waals surface area (Å²) in [5.41, 5.74) is 7.62. The van der Waals surface area contributed by atoms with E-state index in [0.29, 0.717) is 39.1 Å². The Balaban J connectivity index is 1.47. The lowest BCUT2D eigenvalue weighted by atomic mass is 9.79. The maximum atomic E-state index is 12.6. The minimum atomic E-state index is -2.98. The summed E-state index contributed by atoms with van der Waals surface area (Å²) in [5, 5.41) is 12.6. The van der Waals surface area contributed by atoms with E-state index >= 15 is 0 Å². The quantitative estimate of drug-likeness (QED) is 0.173. The van der Waals surface area contributed by atoms with Crippen molar-refractivity contribution in [1.82, 2.24) is 14.5 Å². The van der Waals surface area contributed by atoms with Gasteiger partial charge in [-0.3, -0.25) is 9.55 Å². The summed E-state index contributed by atoms with van der Waals surface area (Å²) in [7, 11) is 0. The Labute approximate surface area is 410 Å². The number of imidazole rings is 1. The first kappa shape index (κ1) is 34.1. The van der Waals surface area contributed by atoms with Gasteiger partial charge in [-0.15, -0.1) is 0 Å². The molecular formula is C62H69N3O. The molecule has 4 heteroatoms. The number of aromatic nitrogens is 3. The fourth-order valence-corrected chi connectivity index (χ4v) is 8.65. The lowest BCUT2D eigenvalue weighted by molar-refractivity contribution is 0.446. The molecule has 338 valence electrons. The van der Waals surface area contributed by atoms with Crippen LogP contribution >= 0.6 is 0 Å². The highest BCUT2D eigenvalue weighted by Gasteiger charge is 2.30. The first-order valence-corrected chi connectivity index (χ1v) is 22.7. The summed E-state index contributed by atoms with van der Waals surface area (Å²) < 4.78 is 98.1. The van der Waals surface area contributed by atoms with Crippen LogP contribution in [0.5, 0.6) is 5.75 Å². The van der Waals surface area contributed by atoms with Crippen LogP contribution in [0.3, 0.4) is 0 Å². The van der Waals surface area contributed by atoms with Crippen LogP contribution < -0.4 is 0 Å². The minimum absolute atomic E-state index is 0.0548. The number of hydrogen-bond donors (Lipinski definition) is 1. The minimum Gasteiger partial charge on any atom is -0.507 e. The van der Waals surface area contributed by atoms with Gasteiger partial charge in [0, 0.05) is 34.0 Å². The topological polar surface area (TPSA) is 50.9 Å². The fourth-order valence-electron chi connectivity index (χ4n) is 8.65. The molecule has 0 aliphatic heterocycles. The average Bonchev–Trinajstić information content (AvgIpc) is 3.73. The van der Waals surface area contributed by atoms with Crippen LogP contribution in [0.2, 0.25) is 0 Å². The number of phenolic OH excluding ortho intramolecular Hbond substituents is 1. The summed E-state index contributed by atoms with van der Waals surface area (Å²) in [4.78, 5) is 10.0. The van der Waals surface area contributed by atoms with E-state index in [1.54, 1.807) is 0 Å². The summed E-state index contributed by atoms with van der Waals surface area (Å²) >= 11 is 0. The van der Waals surface area contributed by atoms with Gasteiger partial charge in [0.2, 0.25) is 0 Å². The van der Waals surface area contributed by atoms with Gasteiger partial charge in [0.1, 0.15) is 11.6 Å². The zero-order chi connectivity index (χ0) is 57.2. The fraction of sp³-hybridized carbons (Fsp3) is 0.323. The van der Waals surface area contributed by atoms with Gasteiger partial charge in [-0.25, -0.2) is 4.98 Å². The number of fused-ring (bicyclic) bond motifs is 1. The van der Waals surface area contributed by atoms with Gasteiger partial charge in [0.25, 0.3) is 0 Å². The second kappa shape index (κ2) is 16.9. The van der Waals surface area contributed by atoms with Crippen molar-refractivity contribution in [1.29, 1.82) is 0 Å². The summed E-state index contributed by atoms with van der Waals surface area (Å²) in [6, 6.07) is 26.1. The van der Waals surface area contributed by atoms with Gasteiger partial charge < -0.3 is 5.11 Å². The SMILES string of the molecule is [2H]c1nc(-c2cc(-c3cccc4c3nc(-c3cc(C(C)(C)C)cc(C(C)(C)C)c3O)n4-c3ccc(-c4ccccc4C(C)(C)C)c(C([2H])(C)C)c3)cc(C(C)(C)C)c2)c([2H])c(-c2c([2H])c([2H])c(C([2H])([2H])[2H])c([2H])c2[2H])c1[2H]. The van der Waals surface area contributed by atoms with E-state index in [1.807, 2.05) is 89.2 Å². The Morgan fingerprint density at radius 2 is 1.24 bits per heavy atom. The van der Waals surface area contributed by atoms with Gasteiger partial charge in [-0.1, -0.05) is 181 Å². The molecule has 0 aliphatic rings. The van der Waals surface area contributed by atoms with E-state index in [4.69, 9.17) is 17.3 Å². The van der Waals surface area contributed by atoms with E-state index in [-0.39, 0.29) is 27.8 Å². The van der Waals surface area contributed by atoms with Gasteiger partial charge in [0.05, 0.1) is 31.9 Å². The number of rotatable bonds is 7. The molecule has 0 unspecified atom stereocenters. The van der Waals surface area contributed by atoms with Crippen LogP contribution in [0.1, 0.15) is 151 Å². The molecular weight excluding hydrogens is 803 g/mol. The van der Waals surface area contributed by atoms with Crippen LogP contribution in [0.25, 0.3) is 72.7 Å². The van der Waals surface area contributed by atoms with Crippen LogP contribution in [0.15, 0.2) is 133 Å². The molecule has 4 nitrogen and oxygen atoms in total. The largest absolute Gasteiger partial charge is 0.507 e. The third-order valence-corrected chi connectivity index (χ3v) is 12.4. The predicted octanol–water partition coefficient (Wildman–Crippen LogP) is 17.1. The Morgan fingerprint density at radius 3 is 1.89 bits per heavy atom. The lowest BCUT2D eigenvalue weighted by Crippen LogP contribution is -2.17. The van der Waals surface area contributed by atoms with Crippen molar-refractivity contribution >= 4 is 11.0 Å². The molecule has 8 aromatic rings. The molecule has 8 rings (SSSR count). The summed E-state index contributed by atoms with van der Waals surface area (Å²) in [6.45, 7) is 26.1. The van der Waals surface area contributed by atoms with Crippen LogP contribution in [0, 0.1) is 6.85 Å². The molecule has 0 saturated heterocycles. The zero-order valence-electron chi connectivity index (χ0n) is 51.9. The predicted molar refractivity (Wildman–Crippen MR) is 281 cm³/mol. The van der Waals surface area contributed by atoms with E-state index in [1.165, 1.54) is 0 Å². The van der Waals surface area contributed by atoms with E-state index < -0.39 is 77.1 Å². The van der Waals surface area contributed by atoms with Crippen molar-refractivity contribution in [2.24, 2.45) is 0 Å². The Kier molecular flexibility index (Phi) is 8.72. The molecule has 2 aromatic heterocycles. The highest BCUT2D eigenvalue weighted by Crippen LogP contribution is 2.46. The number of aromatic hydroxyl groups is 1. The van der Waals surface area contributed by atoms with Gasteiger partial charge in [0.15, 0.2) is 0 Å². The second-order valence-corrected chi connectivity index (χ2v) is 21.9. The van der Waals surface area contributed by atoms with Crippen LogP contribution in [-0.4, -0.2) is 19.6 Å². The first-order valence-electron chi connectivity index (χ1n) is 28.2. The summed E-state index contributed by atoms with van der Waals surface area (Å²) in [5.74, 6) is -0.490. The first-order chi connectivity index (χ1) is 35.3. The van der Waals surface area contributed by atoms with Crippen molar-refractivity contribution in [2.75, 3.05) is 0 Å². The monoisotopic (exact) mass is 883 g/mol. The normalized spacial score (nSPS) is 15.4. The zero-order valence-corrected chi connectivity index (χ0v) is 40.9. The molecule has 66 heavy (non-hydrogen) atoms. The molecule has 6 aromatic carbocycles. The third kappa shape index (κ3) is 9.00. The molecule has 0 amide bonds. The van der Waals surface area contributed by atoms with Crippen LogP contribution in [0.4, 0.5) is 0 Å². The Bertz CT molecular complexity index is 3660. The van der Waals surface area contributed by atoms with Crippen molar-refractivity contribution in [3.8, 4) is 67.5 Å². The Morgan fingerprint density at radius 1 is 0.591 bits per heavy atom. The van der Waals surface area contributed by atoms with Crippen molar-refractivity contribution in [2.45, 2.75) is 131 Å². The molecule has 1 N–H and O–H groups in total. The standard InChI is InChI=1S/C62H69N3O/c1-38(2)50-37-46(27-28-48(50)49-19-16-17-21-52(49)61(10,11)12)65-55-22-18-20-47(56(55)64-58(65)51-35-45(60(7,8)9)36-53(57(51)66)62(13,14)15)42-31-43(33-44(32-42)59(4,5)6)54-34-41(29-30-63-54)40-25-23-39(3)24-26-40/h16-38,66H,1-15H3/i3D3,23D,24D,25D,26D,29D,30D,34D,38D. The number of hydrogen-bond acceptors (Lipinski definition) is 3. The van der Waals surface area contributed by atoms with Crippen molar-refractivity contribution in [3.05, 3.63) is 167 Å². The van der Waals surface area contributed by atoms with E-state index in [9.17, 15) is 7.85 Å². The molecule has 0 saturated carbocycles. The molecule has 0 radical (unpaired) electrons. The smallest absolute Gasteiger partial charge is 0.149 e. The number of benzene rings is 6. The lowest BCUT2D eigenvalue weighted by Gasteiger charge is -2.28. The number of pyridine rings is 1. The van der Waals surface area contributed by atoms with Crippen molar-refractivity contribution < 1.29 is 20.2 Å². The van der Waals surface area contributed by atoms with Crippen LogP contribution in [-0.2, 0) is 21.7 Å². The average molecular weight is 883 g/mol. The number of phenols is 1. The highest BCUT2D eigenvalue weighted by molar-refractivity contribution is 5.97. The molecule has 0 spiro atoms. The van der Waals surface area contributed by atoms with E-state index in [0.717, 1.165) is 44.6 Å². The molecule has 2 heterocycles. The molecule has 0 atom stereocenters. The second-order valence-electron chi connectivity index (χ2n) is 21.9. The Hall–Kier alpha value is -6.26. The van der Waals surface area contributed by atoms with Gasteiger partial charge >= 0.3 is 0 Å². The maximum absolute atomic E-state index is 12.6. The molecule has 0 aliphatic carbocycles. The summed E-state index contributed by atoms with van der Waals surface area (Å²) in [6.07, 6.45) is -0.578. The maximum Gasteiger partial charge on any atom is 0.149 e. The number of para-hydroxylation sites is 1. The highest BCUT2D eigenvalue weighted by atomic mass is 16.3. The molecule has 0 bridgehead atoms. The number of nitrogens with zero attached hydrogens (tertiary/aromatic N) is 3. The molecule has 0 fully saturated rings. The third-order valence-electron chi connectivity index (χ3n) is 12.4. The van der Waals surface area contributed by atoms with Gasteiger partial charge in [-0.05, 0) is 133 Å². The van der Waals surface area contributed by atoms with Crippen molar-refractivity contribution in [3.63, 3.8) is 0 Å². The van der Waals surface area contributed by atoms with E-state index in [2.05, 4.69) is 108 Å². The van der Waals surface area contributed by atoms with Gasteiger partial charge in [-0.2, -0.15) is 0 Å².